The molecule has 11 heteroatoms. The van der Waals surface area contributed by atoms with E-state index >= 15 is 0 Å². The minimum atomic E-state index is -1.89. The molecule has 1 aromatic carbocycles. The lowest BCUT2D eigenvalue weighted by atomic mass is 9.99. The highest BCUT2D eigenvalue weighted by molar-refractivity contribution is 5.73. The van der Waals surface area contributed by atoms with E-state index < -0.39 is 54.3 Å². The monoisotopic (exact) mass is 400 g/mol. The largest absolute Gasteiger partial charge is 0.504 e. The molecule has 0 aromatic heterocycles. The average Bonchev–Trinajstić information content (AvgIpc) is 3.03. The molecule has 0 spiro atoms. The van der Waals surface area contributed by atoms with Crippen LogP contribution in [-0.2, 0) is 25.5 Å². The van der Waals surface area contributed by atoms with Crippen molar-refractivity contribution in [3.05, 3.63) is 17.7 Å². The van der Waals surface area contributed by atoms with Crippen molar-refractivity contribution in [2.24, 2.45) is 0 Å². The number of ether oxygens (including phenoxy) is 3. The molecule has 154 valence electrons. The van der Waals surface area contributed by atoms with E-state index in [9.17, 15) is 35.1 Å². The lowest BCUT2D eigenvalue weighted by Crippen LogP contribution is -2.61. The molecule has 2 fully saturated rings. The molecular formula is C17H20O11. The van der Waals surface area contributed by atoms with Crippen LogP contribution in [-0.4, -0.2) is 79.4 Å². The molecule has 0 aliphatic carbocycles. The molecule has 0 bridgehead atoms. The zero-order valence-corrected chi connectivity index (χ0v) is 14.5. The molecule has 6 N–H and O–H groups in total. The molecule has 3 rings (SSSR count). The van der Waals surface area contributed by atoms with Gasteiger partial charge in [0.05, 0.1) is 0 Å². The maximum absolute atomic E-state index is 11.2. The fourth-order valence-corrected chi connectivity index (χ4v) is 3.12. The summed E-state index contributed by atoms with van der Waals surface area (Å²) in [4.78, 5) is 22.3. The number of aliphatic hydroxyl groups is 3. The van der Waals surface area contributed by atoms with Gasteiger partial charge in [0, 0.05) is 12.8 Å². The molecular weight excluding hydrogens is 380 g/mol. The first kappa shape index (κ1) is 20.1. The quantitative estimate of drug-likeness (QED) is 0.253. The van der Waals surface area contributed by atoms with Crippen molar-refractivity contribution in [3.63, 3.8) is 0 Å². The van der Waals surface area contributed by atoms with Gasteiger partial charge >= 0.3 is 11.9 Å². The highest BCUT2D eigenvalue weighted by Gasteiger charge is 2.48. The maximum atomic E-state index is 11.2. The summed E-state index contributed by atoms with van der Waals surface area (Å²) in [6.45, 7) is 0. The van der Waals surface area contributed by atoms with E-state index in [1.54, 1.807) is 0 Å². The van der Waals surface area contributed by atoms with Crippen molar-refractivity contribution >= 4 is 11.9 Å². The number of carbonyl (C=O) groups is 2. The average molecular weight is 400 g/mol. The fourth-order valence-electron chi connectivity index (χ4n) is 3.12. The predicted molar refractivity (Wildman–Crippen MR) is 87.5 cm³/mol. The number of aliphatic hydroxyl groups excluding tert-OH is 3. The number of aliphatic carboxylic acids is 1. The number of phenols is 2. The molecule has 2 aliphatic heterocycles. The highest BCUT2D eigenvalue weighted by Crippen LogP contribution is 2.39. The highest BCUT2D eigenvalue weighted by atomic mass is 16.7. The normalized spacial score (nSPS) is 32.8. The van der Waals surface area contributed by atoms with Crippen molar-refractivity contribution in [1.29, 1.82) is 0 Å². The second-order valence-corrected chi connectivity index (χ2v) is 6.67. The van der Waals surface area contributed by atoms with Gasteiger partial charge in [0.25, 0.3) is 0 Å². The molecule has 1 aromatic rings. The van der Waals surface area contributed by atoms with Crippen LogP contribution in [0.1, 0.15) is 18.4 Å². The van der Waals surface area contributed by atoms with Gasteiger partial charge in [-0.2, -0.15) is 0 Å². The third kappa shape index (κ3) is 3.97. The van der Waals surface area contributed by atoms with Crippen LogP contribution < -0.4 is 4.74 Å². The van der Waals surface area contributed by atoms with Crippen molar-refractivity contribution in [2.75, 3.05) is 0 Å². The van der Waals surface area contributed by atoms with Gasteiger partial charge in [-0.25, -0.2) is 4.79 Å². The fraction of sp³-hybridized carbons (Fsp3) is 0.529. The number of benzene rings is 1. The van der Waals surface area contributed by atoms with E-state index in [0.29, 0.717) is 12.0 Å². The van der Waals surface area contributed by atoms with Crippen LogP contribution in [0.2, 0.25) is 0 Å². The number of carboxylic acids is 1. The Morgan fingerprint density at radius 1 is 1.14 bits per heavy atom. The van der Waals surface area contributed by atoms with E-state index in [4.69, 9.17) is 19.3 Å². The van der Waals surface area contributed by atoms with Gasteiger partial charge in [0.15, 0.2) is 17.6 Å². The second-order valence-electron chi connectivity index (χ2n) is 6.67. The van der Waals surface area contributed by atoms with Crippen LogP contribution in [0.4, 0.5) is 0 Å². The van der Waals surface area contributed by atoms with Crippen molar-refractivity contribution < 1.29 is 54.4 Å². The Hall–Kier alpha value is -2.60. The molecule has 0 unspecified atom stereocenters. The molecule has 2 aliphatic rings. The number of carboxylic acid groups (broad SMARTS) is 1. The predicted octanol–water partition coefficient (Wildman–Crippen LogP) is -1.38. The van der Waals surface area contributed by atoms with Crippen molar-refractivity contribution in [1.82, 2.24) is 0 Å². The summed E-state index contributed by atoms with van der Waals surface area (Å²) in [7, 11) is 0. The summed E-state index contributed by atoms with van der Waals surface area (Å²) in [5, 5.41) is 58.5. The third-order valence-electron chi connectivity index (χ3n) is 4.60. The SMILES string of the molecule is O=C1CC[C@H](Cc2cc(O)c(O)c(O[C@@H]3O[C@H](C(=O)O)[C@@H](O)[C@H](O)[C@H]3O)c2)O1. The number of aromatic hydroxyl groups is 2. The first-order valence-corrected chi connectivity index (χ1v) is 8.51. The number of hydrogen-bond donors (Lipinski definition) is 6. The Balaban J connectivity index is 1.80. The molecule has 6 atom stereocenters. The lowest BCUT2D eigenvalue weighted by molar-refractivity contribution is -0.271. The van der Waals surface area contributed by atoms with Crippen LogP contribution in [0.15, 0.2) is 12.1 Å². The van der Waals surface area contributed by atoms with Gasteiger partial charge in [-0.05, 0) is 24.1 Å². The van der Waals surface area contributed by atoms with Gasteiger partial charge < -0.3 is 44.8 Å². The van der Waals surface area contributed by atoms with Gasteiger partial charge in [0.2, 0.25) is 12.0 Å². The summed E-state index contributed by atoms with van der Waals surface area (Å²) in [6, 6.07) is 2.54. The summed E-state index contributed by atoms with van der Waals surface area (Å²) in [5.41, 5.74) is 0.436. The van der Waals surface area contributed by atoms with Crippen LogP contribution in [0.25, 0.3) is 0 Å². The Labute approximate surface area is 158 Å². The summed E-state index contributed by atoms with van der Waals surface area (Å²) in [6.07, 6.45) is -8.63. The summed E-state index contributed by atoms with van der Waals surface area (Å²) < 4.78 is 15.4. The van der Waals surface area contributed by atoms with E-state index in [-0.39, 0.29) is 24.6 Å². The van der Waals surface area contributed by atoms with Crippen LogP contribution in [0.5, 0.6) is 17.2 Å². The van der Waals surface area contributed by atoms with Crippen molar-refractivity contribution in [3.8, 4) is 17.2 Å². The van der Waals surface area contributed by atoms with Gasteiger partial charge in [-0.15, -0.1) is 0 Å². The van der Waals surface area contributed by atoms with Crippen LogP contribution in [0, 0.1) is 0 Å². The second kappa shape index (κ2) is 7.80. The summed E-state index contributed by atoms with van der Waals surface area (Å²) in [5.74, 6) is -3.53. The Morgan fingerprint density at radius 2 is 1.86 bits per heavy atom. The minimum absolute atomic E-state index is 0.225. The zero-order chi connectivity index (χ0) is 20.6. The number of cyclic esters (lactones) is 1. The minimum Gasteiger partial charge on any atom is -0.504 e. The molecule has 28 heavy (non-hydrogen) atoms. The summed E-state index contributed by atoms with van der Waals surface area (Å²) >= 11 is 0. The maximum Gasteiger partial charge on any atom is 0.335 e. The molecule has 2 heterocycles. The Bertz CT molecular complexity index is 764. The standard InChI is InChI=1S/C17H20O11/c18-8-4-6(3-7-1-2-10(19)26-7)5-9(11(8)20)27-17-14(23)12(21)13(22)15(28-17)16(24)25/h4-5,7,12-15,17-18,20-23H,1-3H2,(H,24,25)/t7-,12+,13+,14-,15+,17-/m1/s1. The lowest BCUT2D eigenvalue weighted by Gasteiger charge is -2.38. The topological polar surface area (TPSA) is 183 Å². The number of esters is 1. The number of phenolic OH excluding ortho intramolecular Hbond substituents is 2. The van der Waals surface area contributed by atoms with E-state index in [1.807, 2.05) is 0 Å². The van der Waals surface area contributed by atoms with Gasteiger partial charge in [0.1, 0.15) is 24.4 Å². The Kier molecular flexibility index (Phi) is 5.61. The first-order chi connectivity index (χ1) is 13.2. The number of rotatable bonds is 5. The van der Waals surface area contributed by atoms with Crippen molar-refractivity contribution in [2.45, 2.75) is 56.1 Å². The smallest absolute Gasteiger partial charge is 0.335 e. The van der Waals surface area contributed by atoms with E-state index in [1.165, 1.54) is 12.1 Å². The van der Waals surface area contributed by atoms with Gasteiger partial charge in [-0.3, -0.25) is 4.79 Å². The van der Waals surface area contributed by atoms with Crippen LogP contribution in [0.3, 0.4) is 0 Å². The zero-order valence-electron chi connectivity index (χ0n) is 14.5. The van der Waals surface area contributed by atoms with E-state index in [2.05, 4.69) is 0 Å². The molecule has 0 saturated carbocycles. The van der Waals surface area contributed by atoms with Crippen LogP contribution >= 0.6 is 0 Å². The first-order valence-electron chi connectivity index (χ1n) is 8.51. The molecule has 0 amide bonds. The molecule has 11 nitrogen and oxygen atoms in total. The Morgan fingerprint density at radius 3 is 2.46 bits per heavy atom. The number of carbonyl (C=O) groups excluding carboxylic acids is 1. The van der Waals surface area contributed by atoms with E-state index in [0.717, 1.165) is 0 Å². The van der Waals surface area contributed by atoms with Gasteiger partial charge in [-0.1, -0.05) is 0 Å². The molecule has 2 saturated heterocycles. The third-order valence-corrected chi connectivity index (χ3v) is 4.60. The molecule has 0 radical (unpaired) electrons. The number of hydrogen-bond acceptors (Lipinski definition) is 10.